The van der Waals surface area contributed by atoms with Crippen molar-refractivity contribution in [2.75, 3.05) is 13.7 Å². The van der Waals surface area contributed by atoms with Gasteiger partial charge in [0.1, 0.15) is 36.1 Å². The van der Waals surface area contributed by atoms with Crippen molar-refractivity contribution in [3.8, 4) is 17.0 Å². The smallest absolute Gasteiger partial charge is 0.118 e. The van der Waals surface area contributed by atoms with Crippen molar-refractivity contribution in [2.45, 2.75) is 30.8 Å². The summed E-state index contributed by atoms with van der Waals surface area (Å²) in [5.41, 5.74) is 3.06. The highest BCUT2D eigenvalue weighted by molar-refractivity contribution is 5.80. The number of aliphatic hydroxyl groups excluding tert-OH is 3. The zero-order valence-corrected chi connectivity index (χ0v) is 14.8. The molecule has 1 aromatic heterocycles. The van der Waals surface area contributed by atoms with Crippen LogP contribution in [0.4, 0.5) is 5.69 Å². The molecule has 3 N–H and O–H groups in total. The lowest BCUT2D eigenvalue weighted by atomic mass is 9.90. The normalized spacial score (nSPS) is 29.6. The van der Waals surface area contributed by atoms with Crippen LogP contribution in [0.2, 0.25) is 0 Å². The Hall–Kier alpha value is -2.39. The first-order chi connectivity index (χ1) is 13.1. The van der Waals surface area contributed by atoms with Gasteiger partial charge in [0.05, 0.1) is 31.2 Å². The molecule has 3 heterocycles. The molecule has 1 fully saturated rings. The monoisotopic (exact) mass is 371 g/mol. The van der Waals surface area contributed by atoms with Crippen LogP contribution in [-0.2, 0) is 11.2 Å². The van der Waals surface area contributed by atoms with Gasteiger partial charge >= 0.3 is 0 Å². The number of aliphatic imine (C=N–C) groups is 1. The van der Waals surface area contributed by atoms with Crippen LogP contribution in [0.15, 0.2) is 35.6 Å². The molecule has 5 atom stereocenters. The van der Waals surface area contributed by atoms with Gasteiger partial charge in [-0.05, 0) is 24.3 Å². The third kappa shape index (κ3) is 3.21. The molecule has 1 saturated heterocycles. The molecule has 2 aliphatic rings. The minimum Gasteiger partial charge on any atom is -0.497 e. The van der Waals surface area contributed by atoms with Crippen molar-refractivity contribution in [3.63, 3.8) is 0 Å². The van der Waals surface area contributed by atoms with E-state index in [0.717, 1.165) is 22.7 Å². The van der Waals surface area contributed by atoms with Crippen molar-refractivity contribution >= 4 is 11.9 Å². The summed E-state index contributed by atoms with van der Waals surface area (Å²) in [4.78, 5) is 13.3. The summed E-state index contributed by atoms with van der Waals surface area (Å²) in [7, 11) is 1.61. The minimum absolute atomic E-state index is 0.252. The lowest BCUT2D eigenvalue weighted by Crippen LogP contribution is -2.38. The molecule has 0 saturated carbocycles. The fraction of sp³-hybridized carbons (Fsp3) is 0.421. The first-order valence-electron chi connectivity index (χ1n) is 8.77. The molecule has 0 radical (unpaired) electrons. The predicted molar refractivity (Wildman–Crippen MR) is 97.1 cm³/mol. The van der Waals surface area contributed by atoms with Crippen LogP contribution in [0.1, 0.15) is 5.69 Å². The highest BCUT2D eigenvalue weighted by Crippen LogP contribution is 2.37. The van der Waals surface area contributed by atoms with Crippen LogP contribution >= 0.6 is 0 Å². The van der Waals surface area contributed by atoms with Crippen molar-refractivity contribution < 1.29 is 24.8 Å². The molecule has 4 rings (SSSR count). The van der Waals surface area contributed by atoms with Gasteiger partial charge < -0.3 is 24.8 Å². The summed E-state index contributed by atoms with van der Waals surface area (Å²) in [6.07, 6.45) is 0.0654. The fourth-order valence-corrected chi connectivity index (χ4v) is 3.59. The highest BCUT2D eigenvalue weighted by atomic mass is 16.6. The standard InChI is InChI=1S/C19H21N3O5/c1-26-12-4-2-10(3-5-12)15-16-13(21-9-22-15)6-11(7-20-16)19-18(25)17(24)14(8-23)27-19/h2-5,7,9,11,14,17-19,23-25H,6,8H2,1H3/t11-,14+,17+,18+,19?/m0/s1. The average Bonchev–Trinajstić information content (AvgIpc) is 3.01. The van der Waals surface area contributed by atoms with Gasteiger partial charge in [-0.25, -0.2) is 9.97 Å². The second kappa shape index (κ2) is 7.32. The lowest BCUT2D eigenvalue weighted by Gasteiger charge is -2.25. The number of rotatable bonds is 4. The van der Waals surface area contributed by atoms with Gasteiger partial charge in [-0.15, -0.1) is 0 Å². The molecule has 8 heteroatoms. The van der Waals surface area contributed by atoms with E-state index >= 15 is 0 Å². The third-order valence-electron chi connectivity index (χ3n) is 5.09. The average molecular weight is 371 g/mol. The zero-order valence-electron chi connectivity index (χ0n) is 14.8. The maximum Gasteiger partial charge on any atom is 0.118 e. The summed E-state index contributed by atoms with van der Waals surface area (Å²) in [5, 5.41) is 29.5. The first-order valence-corrected chi connectivity index (χ1v) is 8.77. The van der Waals surface area contributed by atoms with Crippen LogP contribution in [0.25, 0.3) is 11.3 Å². The Balaban J connectivity index is 1.61. The Kier molecular flexibility index (Phi) is 4.88. The van der Waals surface area contributed by atoms with Gasteiger partial charge in [0, 0.05) is 24.1 Å². The topological polar surface area (TPSA) is 117 Å². The zero-order chi connectivity index (χ0) is 19.0. The van der Waals surface area contributed by atoms with Crippen LogP contribution < -0.4 is 4.74 Å². The highest BCUT2D eigenvalue weighted by Gasteiger charge is 2.46. The second-order valence-corrected chi connectivity index (χ2v) is 6.70. The molecule has 27 heavy (non-hydrogen) atoms. The second-order valence-electron chi connectivity index (χ2n) is 6.70. The Bertz CT molecular complexity index is 842. The quantitative estimate of drug-likeness (QED) is 0.717. The number of benzene rings is 1. The van der Waals surface area contributed by atoms with Gasteiger partial charge in [-0.2, -0.15) is 0 Å². The lowest BCUT2D eigenvalue weighted by molar-refractivity contribution is -0.0319. The number of methoxy groups -OCH3 is 1. The Morgan fingerprint density at radius 1 is 1.15 bits per heavy atom. The van der Waals surface area contributed by atoms with Crippen LogP contribution in [-0.4, -0.2) is 69.6 Å². The number of hydrogen-bond donors (Lipinski definition) is 3. The van der Waals surface area contributed by atoms with E-state index in [-0.39, 0.29) is 12.5 Å². The maximum absolute atomic E-state index is 10.2. The molecule has 0 spiro atoms. The summed E-state index contributed by atoms with van der Waals surface area (Å²) in [5.74, 6) is 0.506. The third-order valence-corrected chi connectivity index (χ3v) is 5.09. The summed E-state index contributed by atoms with van der Waals surface area (Å²) in [6, 6.07) is 7.54. The van der Waals surface area contributed by atoms with E-state index < -0.39 is 24.4 Å². The summed E-state index contributed by atoms with van der Waals surface area (Å²) < 4.78 is 10.8. The number of aromatic nitrogens is 2. The summed E-state index contributed by atoms with van der Waals surface area (Å²) >= 11 is 0. The van der Waals surface area contributed by atoms with E-state index in [0.29, 0.717) is 12.1 Å². The van der Waals surface area contributed by atoms with Crippen LogP contribution in [0, 0.1) is 5.92 Å². The van der Waals surface area contributed by atoms with Crippen molar-refractivity contribution in [3.05, 3.63) is 36.3 Å². The maximum atomic E-state index is 10.2. The summed E-state index contributed by atoms with van der Waals surface area (Å²) in [6.45, 7) is -0.348. The van der Waals surface area contributed by atoms with Gasteiger partial charge in [0.2, 0.25) is 0 Å². The molecule has 0 aliphatic carbocycles. The predicted octanol–water partition coefficient (Wildman–Crippen LogP) is 0.508. The van der Waals surface area contributed by atoms with E-state index in [9.17, 15) is 15.3 Å². The van der Waals surface area contributed by atoms with Crippen molar-refractivity contribution in [1.82, 2.24) is 9.97 Å². The van der Waals surface area contributed by atoms with Gasteiger partial charge in [0.25, 0.3) is 0 Å². The van der Waals surface area contributed by atoms with Crippen LogP contribution in [0.3, 0.4) is 0 Å². The minimum atomic E-state index is -1.12. The Morgan fingerprint density at radius 2 is 1.93 bits per heavy atom. The van der Waals surface area contributed by atoms with Gasteiger partial charge in [-0.3, -0.25) is 4.99 Å². The molecular formula is C19H21N3O5. The number of fused-ring (bicyclic) bond motifs is 1. The van der Waals surface area contributed by atoms with E-state index in [1.54, 1.807) is 13.3 Å². The largest absolute Gasteiger partial charge is 0.497 e. The van der Waals surface area contributed by atoms with E-state index in [2.05, 4.69) is 15.0 Å². The molecule has 1 unspecified atom stereocenters. The van der Waals surface area contributed by atoms with Crippen molar-refractivity contribution in [2.24, 2.45) is 10.9 Å². The number of hydrogen-bond acceptors (Lipinski definition) is 8. The van der Waals surface area contributed by atoms with Gasteiger partial charge in [0.15, 0.2) is 0 Å². The van der Waals surface area contributed by atoms with Crippen LogP contribution in [0.5, 0.6) is 5.75 Å². The van der Waals surface area contributed by atoms with E-state index in [1.165, 1.54) is 6.33 Å². The van der Waals surface area contributed by atoms with Gasteiger partial charge in [-0.1, -0.05) is 0 Å². The Morgan fingerprint density at radius 3 is 2.59 bits per heavy atom. The van der Waals surface area contributed by atoms with E-state index in [1.807, 2.05) is 24.3 Å². The molecule has 142 valence electrons. The number of ether oxygens (including phenoxy) is 2. The molecule has 1 aromatic carbocycles. The molecule has 2 aliphatic heterocycles. The first kappa shape index (κ1) is 18.0. The SMILES string of the molecule is COc1ccc(-c2ncnc3c2N=C[C@@H](C2O[C@H](CO)[C@@H](O)[C@H]2O)C3)cc1. The molecule has 0 bridgehead atoms. The molecule has 2 aromatic rings. The molecule has 0 amide bonds. The van der Waals surface area contributed by atoms with E-state index in [4.69, 9.17) is 9.47 Å². The number of aliphatic hydroxyl groups is 3. The van der Waals surface area contributed by atoms with Crippen molar-refractivity contribution in [1.29, 1.82) is 0 Å². The number of nitrogens with zero attached hydrogens (tertiary/aromatic N) is 3. The Labute approximate surface area is 156 Å². The fourth-order valence-electron chi connectivity index (χ4n) is 3.59. The molecule has 8 nitrogen and oxygen atoms in total. The molecular weight excluding hydrogens is 350 g/mol.